The molecule has 0 spiro atoms. The number of aryl methyl sites for hydroxylation is 1. The fourth-order valence-corrected chi connectivity index (χ4v) is 6.73. The normalized spacial score (nSPS) is 20.5. The number of fused-ring (bicyclic) bond motifs is 1. The summed E-state index contributed by atoms with van der Waals surface area (Å²) < 4.78 is 52.8. The van der Waals surface area contributed by atoms with Gasteiger partial charge in [0.2, 0.25) is 0 Å². The Morgan fingerprint density at radius 2 is 1.81 bits per heavy atom. The Bertz CT molecular complexity index is 1440. The van der Waals surface area contributed by atoms with Crippen LogP contribution in [0.2, 0.25) is 0 Å². The van der Waals surface area contributed by atoms with E-state index in [0.717, 1.165) is 67.2 Å². The van der Waals surface area contributed by atoms with E-state index < -0.39 is 15.7 Å². The van der Waals surface area contributed by atoms with Crippen molar-refractivity contribution in [3.63, 3.8) is 0 Å². The molecule has 3 aliphatic rings. The number of piperidine rings is 1. The first-order chi connectivity index (χ1) is 22.9. The molecule has 0 bridgehead atoms. The predicted molar refractivity (Wildman–Crippen MR) is 186 cm³/mol. The second-order valence-corrected chi connectivity index (χ2v) is 16.0. The molecule has 48 heavy (non-hydrogen) atoms. The Hall–Kier alpha value is -2.86. The van der Waals surface area contributed by atoms with Gasteiger partial charge >= 0.3 is 6.09 Å². The van der Waals surface area contributed by atoms with E-state index in [9.17, 15) is 13.2 Å². The molecule has 11 heteroatoms. The van der Waals surface area contributed by atoms with E-state index >= 15 is 0 Å². The fourth-order valence-electron chi connectivity index (χ4n) is 6.31. The van der Waals surface area contributed by atoms with Gasteiger partial charge in [0.1, 0.15) is 11.4 Å². The van der Waals surface area contributed by atoms with Crippen molar-refractivity contribution in [3.05, 3.63) is 59.2 Å². The molecule has 2 aromatic carbocycles. The lowest BCUT2D eigenvalue weighted by molar-refractivity contribution is -0.0686. The molecule has 1 amide bonds. The van der Waals surface area contributed by atoms with Crippen LogP contribution >= 0.6 is 0 Å². The number of carbonyl (C=O) groups is 1. The highest BCUT2D eigenvalue weighted by molar-refractivity contribution is 7.85. The van der Waals surface area contributed by atoms with Crippen molar-refractivity contribution in [2.75, 3.05) is 57.6 Å². The Morgan fingerprint density at radius 3 is 2.54 bits per heavy atom. The molecule has 2 fully saturated rings. The lowest BCUT2D eigenvalue weighted by atomic mass is 9.86. The average Bonchev–Trinajstić information content (AvgIpc) is 3.87. The van der Waals surface area contributed by atoms with E-state index in [4.69, 9.17) is 23.1 Å². The second kappa shape index (κ2) is 16.7. The van der Waals surface area contributed by atoms with Gasteiger partial charge in [-0.3, -0.25) is 4.18 Å². The van der Waals surface area contributed by atoms with Crippen LogP contribution in [0.1, 0.15) is 94.4 Å². The topological polar surface area (TPSA) is 113 Å². The lowest BCUT2D eigenvalue weighted by Gasteiger charge is -2.40. The zero-order valence-corrected chi connectivity index (χ0v) is 29.9. The number of hydrogen-bond donors (Lipinski definition) is 1. The number of ether oxygens (including phenoxy) is 4. The molecule has 0 aromatic heterocycles. The summed E-state index contributed by atoms with van der Waals surface area (Å²) in [7, 11) is -3.54. The predicted octanol–water partition coefficient (Wildman–Crippen LogP) is 6.85. The van der Waals surface area contributed by atoms with Crippen molar-refractivity contribution in [3.8, 4) is 5.75 Å². The summed E-state index contributed by atoms with van der Waals surface area (Å²) in [4.78, 5) is 15.0. The molecule has 1 saturated carbocycles. The highest BCUT2D eigenvalue weighted by Gasteiger charge is 2.37. The van der Waals surface area contributed by atoms with Crippen molar-refractivity contribution in [2.45, 2.75) is 95.9 Å². The number of nitrogens with one attached hydrogen (secondary N) is 1. The summed E-state index contributed by atoms with van der Waals surface area (Å²) in [5.74, 6) is 1.61. The molecular formula is C37H54N2O8S. The Kier molecular flexibility index (Phi) is 12.7. The number of amides is 1. The third kappa shape index (κ3) is 11.6. The van der Waals surface area contributed by atoms with Crippen molar-refractivity contribution in [2.24, 2.45) is 5.92 Å². The average molecular weight is 687 g/mol. The minimum absolute atomic E-state index is 0.0269. The summed E-state index contributed by atoms with van der Waals surface area (Å²) >= 11 is 0. The Labute approximate surface area is 286 Å². The summed E-state index contributed by atoms with van der Waals surface area (Å²) in [5.41, 5.74) is 3.92. The second-order valence-electron chi connectivity index (χ2n) is 14.4. The first kappa shape index (κ1) is 36.4. The monoisotopic (exact) mass is 686 g/mol. The standard InChI is InChI=1S/C37H54N2O8S/c1-37(2,3)47-36(40)39-20-18-32(28-14-16-31(17-15-28)44-22-7-21-43-26-27-10-11-27)35(25-39)46-34(9-6-23-45-48(4,41)42)30-13-12-29-8-5-19-38-33(29)24-30/h12-17,24,27,32,34-35,38H,5-11,18-23,25-26H2,1-4H3/t32-,34?,35+/m1/s1. The van der Waals surface area contributed by atoms with Crippen LogP contribution in [0.15, 0.2) is 42.5 Å². The minimum Gasteiger partial charge on any atom is -0.494 e. The van der Waals surface area contributed by atoms with Crippen LogP contribution < -0.4 is 10.1 Å². The molecule has 3 atom stereocenters. The third-order valence-electron chi connectivity index (χ3n) is 8.96. The maximum atomic E-state index is 13.2. The van der Waals surface area contributed by atoms with Crippen LogP contribution in [-0.2, 0) is 34.9 Å². The molecule has 10 nitrogen and oxygen atoms in total. The van der Waals surface area contributed by atoms with E-state index in [1.165, 1.54) is 18.4 Å². The molecule has 1 N–H and O–H groups in total. The zero-order chi connectivity index (χ0) is 34.1. The van der Waals surface area contributed by atoms with Crippen LogP contribution in [0.4, 0.5) is 10.5 Å². The van der Waals surface area contributed by atoms with Crippen LogP contribution in [0.5, 0.6) is 5.75 Å². The summed E-state index contributed by atoms with van der Waals surface area (Å²) in [6.45, 7) is 9.72. The maximum Gasteiger partial charge on any atom is 0.410 e. The lowest BCUT2D eigenvalue weighted by Crippen LogP contribution is -2.48. The van der Waals surface area contributed by atoms with Gasteiger partial charge in [0.05, 0.1) is 38.2 Å². The SMILES string of the molecule is CC(C)(C)OC(=O)N1CC[C@H](c2ccc(OCCCOCC3CC3)cc2)[C@@H](OC(CCCOS(C)(=O)=O)c2ccc3c(c2)NCCC3)C1. The highest BCUT2D eigenvalue weighted by atomic mass is 32.2. The molecule has 2 aliphatic heterocycles. The van der Waals surface area contributed by atoms with Gasteiger partial charge in [-0.1, -0.05) is 24.3 Å². The molecule has 266 valence electrons. The molecule has 1 unspecified atom stereocenters. The number of nitrogens with zero attached hydrogens (tertiary/aromatic N) is 1. The first-order valence-corrected chi connectivity index (χ1v) is 19.4. The minimum atomic E-state index is -3.54. The summed E-state index contributed by atoms with van der Waals surface area (Å²) in [6.07, 6.45) is 7.36. The number of hydrogen-bond acceptors (Lipinski definition) is 9. The quantitative estimate of drug-likeness (QED) is 0.150. The van der Waals surface area contributed by atoms with E-state index in [1.54, 1.807) is 4.90 Å². The number of anilines is 1. The van der Waals surface area contributed by atoms with Gasteiger partial charge in [0.25, 0.3) is 10.1 Å². The van der Waals surface area contributed by atoms with Gasteiger partial charge in [0.15, 0.2) is 0 Å². The number of rotatable bonds is 16. The van der Waals surface area contributed by atoms with Crippen molar-refractivity contribution in [1.82, 2.24) is 4.90 Å². The highest BCUT2D eigenvalue weighted by Crippen LogP contribution is 2.38. The number of likely N-dealkylation sites (tertiary alicyclic amines) is 1. The van der Waals surface area contributed by atoms with E-state index in [-0.39, 0.29) is 30.8 Å². The van der Waals surface area contributed by atoms with Crippen LogP contribution in [0.3, 0.4) is 0 Å². The molecule has 5 rings (SSSR count). The number of benzene rings is 2. The van der Waals surface area contributed by atoms with E-state index in [0.29, 0.717) is 45.6 Å². The van der Waals surface area contributed by atoms with E-state index in [2.05, 4.69) is 35.6 Å². The van der Waals surface area contributed by atoms with Gasteiger partial charge in [-0.2, -0.15) is 8.42 Å². The molecule has 2 heterocycles. The molecular weight excluding hydrogens is 632 g/mol. The van der Waals surface area contributed by atoms with Crippen LogP contribution in [0.25, 0.3) is 0 Å². The van der Waals surface area contributed by atoms with Crippen LogP contribution in [0, 0.1) is 5.92 Å². The molecule has 1 aliphatic carbocycles. The zero-order valence-electron chi connectivity index (χ0n) is 29.1. The van der Waals surface area contributed by atoms with Crippen molar-refractivity contribution < 1.29 is 36.3 Å². The van der Waals surface area contributed by atoms with E-state index in [1.807, 2.05) is 32.9 Å². The van der Waals surface area contributed by atoms with Crippen LogP contribution in [-0.4, -0.2) is 83.4 Å². The van der Waals surface area contributed by atoms with Gasteiger partial charge in [-0.05, 0) is 107 Å². The molecule has 2 aromatic rings. The largest absolute Gasteiger partial charge is 0.494 e. The Balaban J connectivity index is 1.31. The molecule has 0 radical (unpaired) electrons. The summed E-state index contributed by atoms with van der Waals surface area (Å²) in [5, 5.41) is 3.52. The van der Waals surface area contributed by atoms with Gasteiger partial charge < -0.3 is 29.2 Å². The number of carbonyl (C=O) groups excluding carboxylic acids is 1. The Morgan fingerprint density at radius 1 is 1.02 bits per heavy atom. The van der Waals surface area contributed by atoms with Gasteiger partial charge in [0, 0.05) is 44.3 Å². The first-order valence-electron chi connectivity index (χ1n) is 17.6. The third-order valence-corrected chi connectivity index (χ3v) is 9.56. The van der Waals surface area contributed by atoms with Gasteiger partial charge in [-0.25, -0.2) is 4.79 Å². The fraction of sp³-hybridized carbons (Fsp3) is 0.649. The van der Waals surface area contributed by atoms with Crippen molar-refractivity contribution >= 4 is 21.9 Å². The van der Waals surface area contributed by atoms with Gasteiger partial charge in [-0.15, -0.1) is 0 Å². The van der Waals surface area contributed by atoms with Crippen molar-refractivity contribution in [1.29, 1.82) is 0 Å². The smallest absolute Gasteiger partial charge is 0.410 e. The molecule has 1 saturated heterocycles. The maximum absolute atomic E-state index is 13.2. The summed E-state index contributed by atoms with van der Waals surface area (Å²) in [6, 6.07) is 14.6.